The van der Waals surface area contributed by atoms with Crippen molar-refractivity contribution in [1.82, 2.24) is 0 Å². The van der Waals surface area contributed by atoms with Crippen LogP contribution in [0.3, 0.4) is 0 Å². The number of quaternary nitrogens is 1. The van der Waals surface area contributed by atoms with E-state index in [0.29, 0.717) is 0 Å². The molecular weight excluding hydrogens is 182 g/mol. The maximum Gasteiger partial charge on any atom is 0.438 e. The van der Waals surface area contributed by atoms with Crippen molar-refractivity contribution in [1.29, 1.82) is 0 Å². The van der Waals surface area contributed by atoms with Gasteiger partial charge in [0.15, 0.2) is 0 Å². The second kappa shape index (κ2) is 1.77. The molecular formula is C10H11NO3. The summed E-state index contributed by atoms with van der Waals surface area (Å²) in [5.41, 5.74) is -0.685. The van der Waals surface area contributed by atoms with Gasteiger partial charge in [-0.05, 0) is 12.8 Å². The van der Waals surface area contributed by atoms with Gasteiger partial charge in [-0.2, -0.15) is 0 Å². The molecule has 2 heterocycles. The van der Waals surface area contributed by atoms with Gasteiger partial charge in [0.2, 0.25) is 6.04 Å². The van der Waals surface area contributed by atoms with Crippen molar-refractivity contribution in [2.45, 2.75) is 30.8 Å². The Morgan fingerprint density at radius 2 is 2.36 bits per heavy atom. The fourth-order valence-electron chi connectivity index (χ4n) is 3.80. The van der Waals surface area contributed by atoms with Gasteiger partial charge < -0.3 is 5.21 Å². The first-order chi connectivity index (χ1) is 6.71. The van der Waals surface area contributed by atoms with E-state index in [9.17, 15) is 10.0 Å². The molecule has 4 heteroatoms. The van der Waals surface area contributed by atoms with E-state index >= 15 is 0 Å². The summed E-state index contributed by atoms with van der Waals surface area (Å²) in [6, 6.07) is -0.104. The molecule has 3 aliphatic carbocycles. The molecule has 14 heavy (non-hydrogen) atoms. The van der Waals surface area contributed by atoms with Crippen LogP contribution in [0.25, 0.3) is 0 Å². The monoisotopic (exact) mass is 193 g/mol. The largest absolute Gasteiger partial charge is 0.588 e. The van der Waals surface area contributed by atoms with E-state index < -0.39 is 10.3 Å². The summed E-state index contributed by atoms with van der Waals surface area (Å²) in [4.78, 5) is 15.6. The quantitative estimate of drug-likeness (QED) is 0.248. The van der Waals surface area contributed by atoms with Gasteiger partial charge in [-0.15, -0.1) is 4.81 Å². The second-order valence-electron chi connectivity index (χ2n) is 4.83. The standard InChI is InChI=1S/C10H11NO3/c12-9-10-7-3-1-2-6(4-5-7)8(10)11(10,13)14-9/h4-8H,1-3H2/t6?,7?,8-,10-,11?/m0/s1. The van der Waals surface area contributed by atoms with Gasteiger partial charge in [-0.25, -0.2) is 4.79 Å². The molecule has 3 fully saturated rings. The first-order valence-electron chi connectivity index (χ1n) is 5.23. The van der Waals surface area contributed by atoms with Gasteiger partial charge >= 0.3 is 11.5 Å². The minimum absolute atomic E-state index is 0.104. The SMILES string of the molecule is O=C1O[N+]2([O-])[C@H]3C4C=CC(CCC4)[C@@]132. The van der Waals surface area contributed by atoms with Gasteiger partial charge in [0.05, 0.1) is 5.92 Å². The van der Waals surface area contributed by atoms with Crippen LogP contribution >= 0.6 is 0 Å². The smallest absolute Gasteiger partial charge is 0.438 e. The first-order valence-corrected chi connectivity index (χ1v) is 5.23. The van der Waals surface area contributed by atoms with Crippen molar-refractivity contribution in [3.8, 4) is 0 Å². The molecule has 0 aromatic heterocycles. The Bertz CT molecular complexity index is 380. The van der Waals surface area contributed by atoms with Crippen LogP contribution in [-0.2, 0) is 9.63 Å². The third-order valence-corrected chi connectivity index (χ3v) is 4.42. The Morgan fingerprint density at radius 1 is 1.50 bits per heavy atom. The zero-order chi connectivity index (χ0) is 9.55. The number of carbonyl (C=O) groups is 1. The molecule has 0 radical (unpaired) electrons. The molecule has 2 aliphatic heterocycles. The topological polar surface area (TPSA) is 49.4 Å². The third-order valence-electron chi connectivity index (χ3n) is 4.42. The second-order valence-corrected chi connectivity index (χ2v) is 4.83. The normalized spacial score (nSPS) is 62.1. The summed E-state index contributed by atoms with van der Waals surface area (Å²) in [6.45, 7) is 0. The fourth-order valence-corrected chi connectivity index (χ4v) is 3.80. The summed E-state index contributed by atoms with van der Waals surface area (Å²) >= 11 is 0. The number of hydrogen-bond donors (Lipinski definition) is 0. The van der Waals surface area contributed by atoms with E-state index in [-0.39, 0.29) is 23.8 Å². The Balaban J connectivity index is 1.90. The Morgan fingerprint density at radius 3 is 3.14 bits per heavy atom. The lowest BCUT2D eigenvalue weighted by Gasteiger charge is -2.35. The van der Waals surface area contributed by atoms with Crippen molar-refractivity contribution < 1.29 is 14.4 Å². The molecule has 1 spiro atoms. The predicted molar refractivity (Wildman–Crippen MR) is 46.2 cm³/mol. The lowest BCUT2D eigenvalue weighted by atomic mass is 9.80. The number of fused-ring (bicyclic) bond motifs is 2. The number of carbonyl (C=O) groups excluding carboxylic acids is 1. The van der Waals surface area contributed by atoms with Crippen molar-refractivity contribution >= 4 is 5.97 Å². The number of hydrogen-bond acceptors (Lipinski definition) is 3. The molecule has 3 unspecified atom stereocenters. The zero-order valence-corrected chi connectivity index (χ0v) is 7.68. The highest BCUT2D eigenvalue weighted by molar-refractivity contribution is 5.88. The van der Waals surface area contributed by atoms with Crippen LogP contribution in [0.4, 0.5) is 0 Å². The summed E-state index contributed by atoms with van der Waals surface area (Å²) in [5, 5.41) is 12.1. The van der Waals surface area contributed by atoms with E-state index in [1.165, 1.54) is 0 Å². The molecule has 2 saturated heterocycles. The van der Waals surface area contributed by atoms with E-state index in [4.69, 9.17) is 4.84 Å². The fraction of sp³-hybridized carbons (Fsp3) is 0.700. The molecule has 5 aliphatic rings. The van der Waals surface area contributed by atoms with Gasteiger partial charge in [0.1, 0.15) is 0 Å². The highest BCUT2D eigenvalue weighted by atomic mass is 17.0. The number of hydroxylamine groups is 4. The Labute approximate surface area is 81.3 Å². The average Bonchev–Trinajstić information content (AvgIpc) is 2.77. The molecule has 5 rings (SSSR count). The van der Waals surface area contributed by atoms with E-state index in [2.05, 4.69) is 12.2 Å². The van der Waals surface area contributed by atoms with Gasteiger partial charge in [-0.1, -0.05) is 18.6 Å². The Hall–Kier alpha value is -0.870. The van der Waals surface area contributed by atoms with E-state index in [1.54, 1.807) is 0 Å². The summed E-state index contributed by atoms with van der Waals surface area (Å²) in [5.74, 6) is 0.168. The van der Waals surface area contributed by atoms with Crippen molar-refractivity contribution in [3.05, 3.63) is 17.4 Å². The first kappa shape index (κ1) is 7.43. The molecule has 0 N–H and O–H groups in total. The van der Waals surface area contributed by atoms with E-state index in [1.807, 2.05) is 0 Å². The molecule has 74 valence electrons. The lowest BCUT2D eigenvalue weighted by molar-refractivity contribution is -1.01. The molecule has 4 nitrogen and oxygen atoms in total. The van der Waals surface area contributed by atoms with Crippen LogP contribution in [0.5, 0.6) is 0 Å². The summed E-state index contributed by atoms with van der Waals surface area (Å²) in [6.07, 6.45) is 7.35. The minimum atomic E-state index is -0.685. The number of nitrogens with zero attached hydrogens (tertiary/aromatic N) is 1. The van der Waals surface area contributed by atoms with Gasteiger partial charge in [0.25, 0.3) is 0 Å². The van der Waals surface area contributed by atoms with Crippen LogP contribution < -0.4 is 0 Å². The Kier molecular flexibility index (Phi) is 0.939. The van der Waals surface area contributed by atoms with E-state index in [0.717, 1.165) is 19.3 Å². The minimum Gasteiger partial charge on any atom is -0.588 e. The summed E-state index contributed by atoms with van der Waals surface area (Å²) in [7, 11) is 0. The van der Waals surface area contributed by atoms with Gasteiger partial charge in [-0.3, -0.25) is 4.84 Å². The average molecular weight is 193 g/mol. The van der Waals surface area contributed by atoms with Crippen LogP contribution in [0, 0.1) is 17.0 Å². The molecule has 2 bridgehead atoms. The summed E-state index contributed by atoms with van der Waals surface area (Å²) < 4.78 is 0. The number of rotatable bonds is 0. The third kappa shape index (κ3) is 0.454. The molecule has 0 amide bonds. The van der Waals surface area contributed by atoms with Crippen LogP contribution in [-0.4, -0.2) is 22.4 Å². The van der Waals surface area contributed by atoms with Gasteiger partial charge in [0, 0.05) is 5.92 Å². The van der Waals surface area contributed by atoms with Crippen LogP contribution in [0.2, 0.25) is 0 Å². The molecule has 0 aromatic rings. The molecule has 5 atom stereocenters. The highest BCUT2D eigenvalue weighted by Crippen LogP contribution is 2.70. The van der Waals surface area contributed by atoms with Crippen LogP contribution in [0.1, 0.15) is 19.3 Å². The maximum absolute atomic E-state index is 12.1. The van der Waals surface area contributed by atoms with Crippen molar-refractivity contribution in [3.63, 3.8) is 0 Å². The molecule has 0 aromatic carbocycles. The molecule has 1 saturated carbocycles. The highest BCUT2D eigenvalue weighted by Gasteiger charge is 2.97. The predicted octanol–water partition coefficient (Wildman–Crippen LogP) is 0.880. The van der Waals surface area contributed by atoms with Crippen molar-refractivity contribution in [2.75, 3.05) is 0 Å². The zero-order valence-electron chi connectivity index (χ0n) is 7.68. The lowest BCUT2D eigenvalue weighted by Crippen LogP contribution is -2.55. The maximum atomic E-state index is 12.1. The van der Waals surface area contributed by atoms with Crippen LogP contribution in [0.15, 0.2) is 12.2 Å². The van der Waals surface area contributed by atoms with Crippen molar-refractivity contribution in [2.24, 2.45) is 11.8 Å².